The number of rotatable bonds is 10. The van der Waals surface area contributed by atoms with Crippen LogP contribution in [0.3, 0.4) is 0 Å². The first-order valence-electron chi connectivity index (χ1n) is 12.8. The molecule has 2 unspecified atom stereocenters. The molecule has 39 heavy (non-hydrogen) atoms. The van der Waals surface area contributed by atoms with Crippen molar-refractivity contribution in [3.05, 3.63) is 71.3 Å². The molecule has 1 fully saturated rings. The van der Waals surface area contributed by atoms with Gasteiger partial charge in [-0.1, -0.05) is 48.4 Å². The van der Waals surface area contributed by atoms with E-state index >= 15 is 0 Å². The lowest BCUT2D eigenvalue weighted by molar-refractivity contribution is -0.145. The second-order valence-electron chi connectivity index (χ2n) is 10.3. The van der Waals surface area contributed by atoms with Crippen LogP contribution in [-0.2, 0) is 30.3 Å². The summed E-state index contributed by atoms with van der Waals surface area (Å²) in [6.45, 7) is 4.85. The zero-order valence-electron chi connectivity index (χ0n) is 22.7. The van der Waals surface area contributed by atoms with E-state index in [1.54, 1.807) is 45.0 Å². The van der Waals surface area contributed by atoms with E-state index in [1.165, 1.54) is 12.0 Å². The van der Waals surface area contributed by atoms with Crippen LogP contribution in [0.4, 0.5) is 4.79 Å². The number of terminal acetylenes is 1. The molecule has 0 aliphatic heterocycles. The number of hydrogen-bond donors (Lipinski definition) is 2. The van der Waals surface area contributed by atoms with Crippen LogP contribution in [0.2, 0.25) is 0 Å². The van der Waals surface area contributed by atoms with Gasteiger partial charge in [0.15, 0.2) is 0 Å². The summed E-state index contributed by atoms with van der Waals surface area (Å²) in [6, 6.07) is 13.7. The smallest absolute Gasteiger partial charge is 0.408 e. The number of esters is 1. The van der Waals surface area contributed by atoms with Crippen molar-refractivity contribution >= 4 is 23.9 Å². The van der Waals surface area contributed by atoms with Gasteiger partial charge in [0.05, 0.1) is 7.11 Å². The molecule has 1 aliphatic carbocycles. The molecule has 2 aromatic carbocycles. The Morgan fingerprint density at radius 1 is 1.05 bits per heavy atom. The molecule has 1 aliphatic rings. The summed E-state index contributed by atoms with van der Waals surface area (Å²) < 4.78 is 10.1. The van der Waals surface area contributed by atoms with E-state index in [-0.39, 0.29) is 19.0 Å². The summed E-state index contributed by atoms with van der Waals surface area (Å²) in [5.74, 6) is 0.927. The summed E-state index contributed by atoms with van der Waals surface area (Å²) in [4.78, 5) is 53.8. The van der Waals surface area contributed by atoms with Crippen molar-refractivity contribution in [1.29, 1.82) is 0 Å². The Morgan fingerprint density at radius 2 is 1.69 bits per heavy atom. The second kappa shape index (κ2) is 13.0. The van der Waals surface area contributed by atoms with Gasteiger partial charge in [-0.15, -0.1) is 6.42 Å². The topological polar surface area (TPSA) is 114 Å². The molecule has 0 aromatic heterocycles. The monoisotopic (exact) mass is 533 g/mol. The van der Waals surface area contributed by atoms with E-state index in [2.05, 4.69) is 21.3 Å². The first-order valence-corrected chi connectivity index (χ1v) is 12.8. The van der Waals surface area contributed by atoms with Crippen LogP contribution in [0.15, 0.2) is 54.6 Å². The molecule has 0 radical (unpaired) electrons. The molecule has 1 saturated carbocycles. The summed E-state index contributed by atoms with van der Waals surface area (Å²) in [5.41, 5.74) is 1.20. The third-order valence-electron chi connectivity index (χ3n) is 6.02. The maximum atomic E-state index is 14.2. The number of carbonyl (C=O) groups excluding carboxylic acids is 4. The highest BCUT2D eigenvalue weighted by atomic mass is 16.6. The maximum absolute atomic E-state index is 14.2. The van der Waals surface area contributed by atoms with Gasteiger partial charge in [0, 0.05) is 18.0 Å². The number of nitrogens with zero attached hydrogens (tertiary/aromatic N) is 1. The van der Waals surface area contributed by atoms with Gasteiger partial charge in [0.25, 0.3) is 0 Å². The lowest BCUT2D eigenvalue weighted by Crippen LogP contribution is -2.54. The Hall–Kier alpha value is -4.32. The SMILES string of the molecule is C#Cc1ccc(C(C(=O)NCC(=O)OC)N(C(=O)C(Cc2ccccc2)NC(=O)OC(C)(C)C)C2CC2)cc1. The van der Waals surface area contributed by atoms with E-state index < -0.39 is 41.6 Å². The number of carbonyl (C=O) groups is 4. The summed E-state index contributed by atoms with van der Waals surface area (Å²) >= 11 is 0. The van der Waals surface area contributed by atoms with E-state index in [0.717, 1.165) is 5.56 Å². The Labute approximate surface area is 229 Å². The molecule has 2 N–H and O–H groups in total. The van der Waals surface area contributed by atoms with Crippen LogP contribution in [0.25, 0.3) is 0 Å². The first-order chi connectivity index (χ1) is 18.5. The zero-order chi connectivity index (χ0) is 28.6. The van der Waals surface area contributed by atoms with Gasteiger partial charge in [0.2, 0.25) is 11.8 Å². The maximum Gasteiger partial charge on any atom is 0.408 e. The van der Waals surface area contributed by atoms with E-state index in [9.17, 15) is 19.2 Å². The van der Waals surface area contributed by atoms with Gasteiger partial charge in [-0.2, -0.15) is 0 Å². The molecular weight excluding hydrogens is 498 g/mol. The Bertz CT molecular complexity index is 1210. The number of methoxy groups -OCH3 is 1. The van der Waals surface area contributed by atoms with Crippen molar-refractivity contribution < 1.29 is 28.7 Å². The van der Waals surface area contributed by atoms with Gasteiger partial charge in [-0.3, -0.25) is 14.4 Å². The zero-order valence-corrected chi connectivity index (χ0v) is 22.7. The third-order valence-corrected chi connectivity index (χ3v) is 6.02. The number of amides is 3. The van der Waals surface area contributed by atoms with Gasteiger partial charge in [-0.25, -0.2) is 4.79 Å². The average molecular weight is 534 g/mol. The third kappa shape index (κ3) is 8.60. The number of nitrogens with one attached hydrogen (secondary N) is 2. The standard InChI is InChI=1S/C30H35N3O6/c1-6-20-12-14-22(15-13-20)26(27(35)31-19-25(34)38-5)33(23-16-17-23)28(36)24(18-21-10-8-7-9-11-21)32-29(37)39-30(2,3)4/h1,7-15,23-24,26H,16-19H2,2-5H3,(H,31,35)(H,32,37). The first kappa shape index (κ1) is 29.2. The highest BCUT2D eigenvalue weighted by molar-refractivity contribution is 5.93. The second-order valence-corrected chi connectivity index (χ2v) is 10.3. The normalized spacial score (nSPS) is 14.2. The quantitative estimate of drug-likeness (QED) is 0.358. The lowest BCUT2D eigenvalue weighted by Gasteiger charge is -2.34. The Balaban J connectivity index is 1.99. The Morgan fingerprint density at radius 3 is 2.23 bits per heavy atom. The summed E-state index contributed by atoms with van der Waals surface area (Å²) in [5, 5.41) is 5.30. The molecule has 0 saturated heterocycles. The molecule has 2 atom stereocenters. The number of alkyl carbamates (subject to hydrolysis) is 1. The molecule has 206 valence electrons. The van der Waals surface area contributed by atoms with Crippen LogP contribution in [-0.4, -0.2) is 60.1 Å². The van der Waals surface area contributed by atoms with Gasteiger partial charge >= 0.3 is 12.1 Å². The minimum atomic E-state index is -1.07. The molecule has 3 rings (SSSR count). The fourth-order valence-electron chi connectivity index (χ4n) is 4.08. The minimum absolute atomic E-state index is 0.189. The van der Waals surface area contributed by atoms with Gasteiger partial charge < -0.3 is 25.0 Å². The van der Waals surface area contributed by atoms with E-state index in [1.807, 2.05) is 30.3 Å². The molecule has 9 nitrogen and oxygen atoms in total. The molecular formula is C30H35N3O6. The largest absolute Gasteiger partial charge is 0.468 e. The highest BCUT2D eigenvalue weighted by Gasteiger charge is 2.44. The molecule has 0 spiro atoms. The van der Waals surface area contributed by atoms with Crippen LogP contribution in [0.1, 0.15) is 56.3 Å². The fraction of sp³-hybridized carbons (Fsp3) is 0.400. The molecule has 9 heteroatoms. The van der Waals surface area contributed by atoms with Crippen LogP contribution in [0.5, 0.6) is 0 Å². The highest BCUT2D eigenvalue weighted by Crippen LogP contribution is 2.36. The predicted molar refractivity (Wildman–Crippen MR) is 145 cm³/mol. The molecule has 2 aromatic rings. The Kier molecular flexibility index (Phi) is 9.72. The van der Waals surface area contributed by atoms with Crippen molar-refractivity contribution in [2.45, 2.75) is 63.8 Å². The lowest BCUT2D eigenvalue weighted by atomic mass is 9.99. The molecule has 3 amide bonds. The van der Waals surface area contributed by atoms with Crippen molar-refractivity contribution in [3.63, 3.8) is 0 Å². The number of hydrogen-bond acceptors (Lipinski definition) is 6. The van der Waals surface area contributed by atoms with E-state index in [4.69, 9.17) is 11.2 Å². The molecule has 0 heterocycles. The van der Waals surface area contributed by atoms with Crippen LogP contribution >= 0.6 is 0 Å². The number of benzene rings is 2. The van der Waals surface area contributed by atoms with Crippen molar-refractivity contribution in [1.82, 2.24) is 15.5 Å². The summed E-state index contributed by atoms with van der Waals surface area (Å²) in [6.07, 6.45) is 6.34. The predicted octanol–water partition coefficient (Wildman–Crippen LogP) is 3.13. The van der Waals surface area contributed by atoms with E-state index in [0.29, 0.717) is 24.0 Å². The van der Waals surface area contributed by atoms with Crippen molar-refractivity contribution in [3.8, 4) is 12.3 Å². The van der Waals surface area contributed by atoms with Crippen molar-refractivity contribution in [2.75, 3.05) is 13.7 Å². The van der Waals surface area contributed by atoms with Crippen LogP contribution < -0.4 is 10.6 Å². The number of ether oxygens (including phenoxy) is 2. The van der Waals surface area contributed by atoms with Crippen LogP contribution in [0, 0.1) is 12.3 Å². The van der Waals surface area contributed by atoms with Gasteiger partial charge in [0.1, 0.15) is 24.2 Å². The summed E-state index contributed by atoms with van der Waals surface area (Å²) in [7, 11) is 1.22. The average Bonchev–Trinajstić information content (AvgIpc) is 3.74. The van der Waals surface area contributed by atoms with Gasteiger partial charge in [-0.05, 0) is 56.9 Å². The fourth-order valence-corrected chi connectivity index (χ4v) is 4.08. The molecule has 0 bridgehead atoms. The minimum Gasteiger partial charge on any atom is -0.468 e. The van der Waals surface area contributed by atoms with Crippen molar-refractivity contribution in [2.24, 2.45) is 0 Å².